The fourth-order valence-electron chi connectivity index (χ4n) is 2.26. The smallest absolute Gasteiger partial charge is 0.356 e. The molecule has 2 aromatic heterocycles. The van der Waals surface area contributed by atoms with Crippen molar-refractivity contribution in [2.75, 3.05) is 13.2 Å². The monoisotopic (exact) mass is 350 g/mol. The Kier molecular flexibility index (Phi) is 7.35. The molecule has 2 rings (SSSR count). The Labute approximate surface area is 147 Å². The van der Waals surface area contributed by atoms with Crippen molar-refractivity contribution in [3.05, 3.63) is 34.4 Å². The lowest BCUT2D eigenvalue weighted by Gasteiger charge is -2.02. The van der Waals surface area contributed by atoms with E-state index in [-0.39, 0.29) is 11.9 Å². The first kappa shape index (κ1) is 20.4. The summed E-state index contributed by atoms with van der Waals surface area (Å²) < 4.78 is 12.8. The second-order valence-electron chi connectivity index (χ2n) is 5.42. The van der Waals surface area contributed by atoms with E-state index in [4.69, 9.17) is 9.47 Å². The van der Waals surface area contributed by atoms with E-state index in [1.807, 2.05) is 20.8 Å². The molecule has 0 atom stereocenters. The molecule has 8 heteroatoms. The van der Waals surface area contributed by atoms with Gasteiger partial charge >= 0.3 is 11.9 Å². The molecule has 2 aromatic rings. The van der Waals surface area contributed by atoms with Crippen LogP contribution in [0.1, 0.15) is 51.8 Å². The van der Waals surface area contributed by atoms with Crippen LogP contribution in [0.25, 0.3) is 0 Å². The van der Waals surface area contributed by atoms with E-state index >= 15 is 0 Å². The summed E-state index contributed by atoms with van der Waals surface area (Å²) in [5.41, 5.74) is 3.61. The highest BCUT2D eigenvalue weighted by Gasteiger charge is 2.17. The lowest BCUT2D eigenvalue weighted by molar-refractivity contribution is 0.0503. The first-order chi connectivity index (χ1) is 11.7. The van der Waals surface area contributed by atoms with Gasteiger partial charge in [-0.2, -0.15) is 10.2 Å². The third kappa shape index (κ3) is 5.17. The minimum Gasteiger partial charge on any atom is -0.461 e. The number of aromatic nitrogens is 4. The number of carbonyl (C=O) groups is 2. The van der Waals surface area contributed by atoms with Crippen LogP contribution in [0.2, 0.25) is 0 Å². The quantitative estimate of drug-likeness (QED) is 0.785. The van der Waals surface area contributed by atoms with Gasteiger partial charge in [0.05, 0.1) is 24.6 Å². The molecule has 2 heterocycles. The minimum absolute atomic E-state index is 0.303. The molecule has 0 saturated heterocycles. The minimum atomic E-state index is -0.319. The van der Waals surface area contributed by atoms with Crippen LogP contribution in [-0.2, 0) is 23.6 Å². The molecular weight excluding hydrogens is 324 g/mol. The summed E-state index contributed by atoms with van der Waals surface area (Å²) >= 11 is 0. The zero-order valence-corrected chi connectivity index (χ0v) is 15.9. The molecule has 0 aliphatic heterocycles. The van der Waals surface area contributed by atoms with Gasteiger partial charge in [0, 0.05) is 19.7 Å². The molecule has 0 N–H and O–H groups in total. The predicted octanol–water partition coefficient (Wildman–Crippen LogP) is 2.12. The van der Waals surface area contributed by atoms with Crippen molar-refractivity contribution in [3.63, 3.8) is 0 Å². The summed E-state index contributed by atoms with van der Waals surface area (Å²) in [4.78, 5) is 22.6. The van der Waals surface area contributed by atoms with E-state index < -0.39 is 0 Å². The average Bonchev–Trinajstić information content (AvgIpc) is 2.99. The van der Waals surface area contributed by atoms with Crippen LogP contribution in [0.3, 0.4) is 0 Å². The largest absolute Gasteiger partial charge is 0.461 e. The van der Waals surface area contributed by atoms with Crippen LogP contribution in [0, 0.1) is 20.8 Å². The third-order valence-corrected chi connectivity index (χ3v) is 3.48. The zero-order valence-electron chi connectivity index (χ0n) is 15.9. The second kappa shape index (κ2) is 9.00. The SMILES string of the molecule is CCOC(=O)c1c(C)c(C)nn1C.CCOC(=O)c1cc(C)nn1C. The van der Waals surface area contributed by atoms with E-state index in [1.54, 1.807) is 38.7 Å². The number of hydrogen-bond donors (Lipinski definition) is 0. The van der Waals surface area contributed by atoms with Crippen molar-refractivity contribution in [3.8, 4) is 0 Å². The predicted molar refractivity (Wildman–Crippen MR) is 92.5 cm³/mol. The third-order valence-electron chi connectivity index (χ3n) is 3.48. The van der Waals surface area contributed by atoms with Gasteiger partial charge in [-0.25, -0.2) is 9.59 Å². The van der Waals surface area contributed by atoms with Crippen LogP contribution in [0.4, 0.5) is 0 Å². The molecule has 0 aliphatic carbocycles. The molecule has 0 aliphatic rings. The van der Waals surface area contributed by atoms with Gasteiger partial charge in [-0.15, -0.1) is 0 Å². The van der Waals surface area contributed by atoms with Crippen molar-refractivity contribution in [1.29, 1.82) is 0 Å². The van der Waals surface area contributed by atoms with Crippen LogP contribution < -0.4 is 0 Å². The Morgan fingerprint density at radius 3 is 1.92 bits per heavy atom. The van der Waals surface area contributed by atoms with Crippen LogP contribution in [0.5, 0.6) is 0 Å². The first-order valence-corrected chi connectivity index (χ1v) is 8.07. The van der Waals surface area contributed by atoms with E-state index in [0.717, 1.165) is 17.0 Å². The molecular formula is C17H26N4O4. The molecule has 0 radical (unpaired) electrons. The Bertz CT molecular complexity index is 746. The molecule has 0 unspecified atom stereocenters. The standard InChI is InChI=1S/C9H14N2O2.C8H12N2O2/c1-5-13-9(12)8-6(2)7(3)10-11(8)4;1-4-12-8(11)7-5-6(2)9-10(7)3/h5H2,1-4H3;5H,4H2,1-3H3. The van der Waals surface area contributed by atoms with Gasteiger partial charge in [-0.3, -0.25) is 9.36 Å². The summed E-state index contributed by atoms with van der Waals surface area (Å²) in [6, 6.07) is 1.71. The molecule has 8 nitrogen and oxygen atoms in total. The number of carbonyl (C=O) groups excluding carboxylic acids is 2. The summed E-state index contributed by atoms with van der Waals surface area (Å²) in [6.45, 7) is 9.93. The fourth-order valence-corrected chi connectivity index (χ4v) is 2.26. The molecule has 0 aromatic carbocycles. The highest BCUT2D eigenvalue weighted by atomic mass is 16.5. The number of esters is 2. The number of aryl methyl sites for hydroxylation is 4. The Morgan fingerprint density at radius 1 is 0.960 bits per heavy atom. The molecule has 0 spiro atoms. The van der Waals surface area contributed by atoms with Gasteiger partial charge in [0.1, 0.15) is 11.4 Å². The van der Waals surface area contributed by atoms with Gasteiger partial charge in [0.15, 0.2) is 0 Å². The van der Waals surface area contributed by atoms with Crippen LogP contribution in [-0.4, -0.2) is 44.7 Å². The van der Waals surface area contributed by atoms with Gasteiger partial charge in [0.25, 0.3) is 0 Å². The van der Waals surface area contributed by atoms with Crippen molar-refractivity contribution in [2.45, 2.75) is 34.6 Å². The number of rotatable bonds is 4. The number of nitrogens with zero attached hydrogens (tertiary/aromatic N) is 4. The number of ether oxygens (including phenoxy) is 2. The van der Waals surface area contributed by atoms with Gasteiger partial charge in [-0.05, 0) is 40.7 Å². The Hall–Kier alpha value is -2.64. The van der Waals surface area contributed by atoms with E-state index in [0.29, 0.717) is 24.6 Å². The second-order valence-corrected chi connectivity index (χ2v) is 5.42. The van der Waals surface area contributed by atoms with E-state index in [9.17, 15) is 9.59 Å². The van der Waals surface area contributed by atoms with Crippen LogP contribution in [0.15, 0.2) is 6.07 Å². The molecule has 0 fully saturated rings. The van der Waals surface area contributed by atoms with Crippen molar-refractivity contribution in [2.24, 2.45) is 14.1 Å². The highest BCUT2D eigenvalue weighted by Crippen LogP contribution is 2.12. The summed E-state index contributed by atoms with van der Waals surface area (Å²) in [5, 5.41) is 8.16. The van der Waals surface area contributed by atoms with E-state index in [2.05, 4.69) is 10.2 Å². The lowest BCUT2D eigenvalue weighted by atomic mass is 10.2. The van der Waals surface area contributed by atoms with Gasteiger partial charge < -0.3 is 9.47 Å². The molecule has 0 saturated carbocycles. The Balaban J connectivity index is 0.000000251. The Morgan fingerprint density at radius 2 is 1.52 bits per heavy atom. The van der Waals surface area contributed by atoms with Gasteiger partial charge in [0.2, 0.25) is 0 Å². The average molecular weight is 350 g/mol. The fraction of sp³-hybridized carbons (Fsp3) is 0.529. The zero-order chi connectivity index (χ0) is 19.1. The van der Waals surface area contributed by atoms with Gasteiger partial charge in [-0.1, -0.05) is 0 Å². The first-order valence-electron chi connectivity index (χ1n) is 8.07. The van der Waals surface area contributed by atoms with Crippen LogP contribution >= 0.6 is 0 Å². The summed E-state index contributed by atoms with van der Waals surface area (Å²) in [5.74, 6) is -0.622. The van der Waals surface area contributed by atoms with Crippen molar-refractivity contribution >= 4 is 11.9 Å². The maximum Gasteiger partial charge on any atom is 0.356 e. The lowest BCUT2D eigenvalue weighted by Crippen LogP contribution is -2.11. The maximum atomic E-state index is 11.4. The highest BCUT2D eigenvalue weighted by molar-refractivity contribution is 5.89. The molecule has 25 heavy (non-hydrogen) atoms. The normalized spacial score (nSPS) is 10.0. The van der Waals surface area contributed by atoms with E-state index in [1.165, 1.54) is 4.68 Å². The maximum absolute atomic E-state index is 11.4. The topological polar surface area (TPSA) is 88.2 Å². The summed E-state index contributed by atoms with van der Waals surface area (Å²) in [7, 11) is 3.46. The van der Waals surface area contributed by atoms with Crippen molar-refractivity contribution < 1.29 is 19.1 Å². The number of hydrogen-bond acceptors (Lipinski definition) is 6. The summed E-state index contributed by atoms with van der Waals surface area (Å²) in [6.07, 6.45) is 0. The molecule has 0 amide bonds. The molecule has 138 valence electrons. The van der Waals surface area contributed by atoms with Crippen molar-refractivity contribution in [1.82, 2.24) is 19.6 Å². The molecule has 0 bridgehead atoms.